The summed E-state index contributed by atoms with van der Waals surface area (Å²) < 4.78 is 27.1. The molecule has 2 aromatic rings. The molecule has 2 aliphatic carbocycles. The molecule has 2 bridgehead atoms. The Balaban J connectivity index is 0.000000335. The molecule has 2 unspecified atom stereocenters. The molecule has 0 amide bonds. The number of carboxylic acids is 2. The van der Waals surface area contributed by atoms with Crippen molar-refractivity contribution < 1.29 is 68.1 Å². The van der Waals surface area contributed by atoms with Crippen molar-refractivity contribution in [3.63, 3.8) is 0 Å². The first-order valence-electron chi connectivity index (χ1n) is 15.5. The van der Waals surface area contributed by atoms with E-state index in [4.69, 9.17) is 29.2 Å². The maximum atomic E-state index is 12.8. The van der Waals surface area contributed by atoms with E-state index in [9.17, 15) is 34.2 Å². The maximum Gasteiger partial charge on any atom is 0.345 e. The van der Waals surface area contributed by atoms with Crippen LogP contribution in [-0.2, 0) is 45.3 Å². The van der Waals surface area contributed by atoms with Gasteiger partial charge in [-0.3, -0.25) is 14.4 Å². The van der Waals surface area contributed by atoms with Crippen LogP contribution < -0.4 is 14.2 Å². The van der Waals surface area contributed by atoms with E-state index in [1.807, 2.05) is 19.2 Å². The van der Waals surface area contributed by atoms with Crippen LogP contribution in [0.4, 0.5) is 0 Å². The van der Waals surface area contributed by atoms with Crippen molar-refractivity contribution in [2.45, 2.75) is 74.4 Å². The number of likely N-dealkylation sites (N-methyl/N-ethyl adjacent to an activating group) is 1. The van der Waals surface area contributed by atoms with Crippen LogP contribution in [0.1, 0.15) is 43.7 Å². The van der Waals surface area contributed by atoms with E-state index in [1.165, 1.54) is 0 Å². The third-order valence-electron chi connectivity index (χ3n) is 9.33. The lowest BCUT2D eigenvalue weighted by atomic mass is 9.50. The maximum absolute atomic E-state index is 12.8. The van der Waals surface area contributed by atoms with E-state index >= 15 is 0 Å². The van der Waals surface area contributed by atoms with Gasteiger partial charge in [-0.1, -0.05) is 24.3 Å². The van der Waals surface area contributed by atoms with E-state index in [0.717, 1.165) is 24.6 Å². The van der Waals surface area contributed by atoms with Crippen molar-refractivity contribution in [3.05, 3.63) is 65.4 Å². The molecule has 1 saturated heterocycles. The summed E-state index contributed by atoms with van der Waals surface area (Å²) in [4.78, 5) is 57.8. The number of para-hydroxylation sites is 1. The van der Waals surface area contributed by atoms with Gasteiger partial charge in [0.1, 0.15) is 11.5 Å². The molecule has 0 aromatic heterocycles. The van der Waals surface area contributed by atoms with Gasteiger partial charge in [-0.05, 0) is 56.3 Å². The molecule has 15 heteroatoms. The number of likely N-dealkylation sites (tertiary alicyclic amines) is 1. The monoisotopic (exact) mass is 683 g/mol. The number of carbonyl (C=O) groups is 5. The number of hydrogen-bond donors (Lipinski definition) is 4. The molecule has 2 aromatic carbocycles. The van der Waals surface area contributed by atoms with Gasteiger partial charge in [0.2, 0.25) is 6.10 Å². The van der Waals surface area contributed by atoms with Crippen LogP contribution in [0.3, 0.4) is 0 Å². The van der Waals surface area contributed by atoms with Gasteiger partial charge in [0.05, 0.1) is 31.0 Å². The molecular formula is C34H37NO14. The van der Waals surface area contributed by atoms with Gasteiger partial charge in [0.15, 0.2) is 23.7 Å². The third kappa shape index (κ3) is 6.56. The summed E-state index contributed by atoms with van der Waals surface area (Å²) in [5.74, 6) is -3.68. The van der Waals surface area contributed by atoms with Crippen LogP contribution in [0.2, 0.25) is 0 Å². The molecule has 6 atom stereocenters. The molecule has 1 fully saturated rings. The van der Waals surface area contributed by atoms with Gasteiger partial charge in [-0.15, -0.1) is 0 Å². The minimum Gasteiger partial charge on any atom is -0.493 e. The van der Waals surface area contributed by atoms with Crippen LogP contribution in [0, 0.1) is 0 Å². The number of methoxy groups -OCH3 is 1. The van der Waals surface area contributed by atoms with E-state index in [1.54, 1.807) is 43.5 Å². The lowest BCUT2D eigenvalue weighted by Crippen LogP contribution is -2.74. The smallest absolute Gasteiger partial charge is 0.345 e. The number of benzene rings is 2. The largest absolute Gasteiger partial charge is 0.493 e. The van der Waals surface area contributed by atoms with E-state index in [0.29, 0.717) is 24.3 Å². The van der Waals surface area contributed by atoms with Crippen LogP contribution in [0.5, 0.6) is 17.2 Å². The number of aliphatic carboxylic acids is 2. The number of esters is 3. The number of aliphatic hydroxyl groups is 2. The quantitative estimate of drug-likeness (QED) is 0.205. The summed E-state index contributed by atoms with van der Waals surface area (Å²) in [6.45, 7) is 1.76. The van der Waals surface area contributed by atoms with Crippen LogP contribution in [-0.4, -0.2) is 106 Å². The summed E-state index contributed by atoms with van der Waals surface area (Å²) in [5.41, 5.74) is 0.0872. The van der Waals surface area contributed by atoms with E-state index in [-0.39, 0.29) is 24.0 Å². The normalized spacial score (nSPS) is 25.4. The molecule has 4 aliphatic rings. The fraction of sp³-hybridized carbons (Fsp3) is 0.441. The molecule has 0 saturated carbocycles. The Morgan fingerprint density at radius 3 is 2.39 bits per heavy atom. The van der Waals surface area contributed by atoms with Gasteiger partial charge in [-0.25, -0.2) is 9.59 Å². The third-order valence-corrected chi connectivity index (χ3v) is 9.33. The standard InChI is InChI=1S/C28H29NO8.C6H8O6/c1-29-13-12-27-23-16-8-9-19(34-2)24(23)37-25(27)20(10-11-28(27,33)21(29)14-16)36-22(31)15-18(30)26(32)35-17-6-4-3-5-7-17;1-3(7)12-4(6(10)11)2-5(8)9/h3-10,18,21,25,30,33H,11-15H2,1-2H3;4H,2H2,1H3,(H,8,9)(H,10,11)/t18?,21-,25+,27+,28-;/m1./s1. The van der Waals surface area contributed by atoms with Crippen molar-refractivity contribution in [2.75, 3.05) is 20.7 Å². The number of carboxylic acid groups (broad SMARTS) is 2. The Labute approximate surface area is 280 Å². The fourth-order valence-corrected chi connectivity index (χ4v) is 7.21. The lowest BCUT2D eigenvalue weighted by Gasteiger charge is -2.61. The molecule has 262 valence electrons. The highest BCUT2D eigenvalue weighted by Gasteiger charge is 2.72. The highest BCUT2D eigenvalue weighted by Crippen LogP contribution is 2.65. The predicted octanol–water partition coefficient (Wildman–Crippen LogP) is 1.35. The molecule has 15 nitrogen and oxygen atoms in total. The second-order valence-electron chi connectivity index (χ2n) is 12.2. The Bertz CT molecular complexity index is 1660. The van der Waals surface area contributed by atoms with Crippen LogP contribution >= 0.6 is 0 Å². The zero-order chi connectivity index (χ0) is 35.7. The molecular weight excluding hydrogens is 646 g/mol. The highest BCUT2D eigenvalue weighted by atomic mass is 16.6. The minimum absolute atomic E-state index is 0.123. The molecule has 6 rings (SSSR count). The SMILES string of the molecule is CC(=O)OC(CC(=O)O)C(=O)O.COc1ccc2c3c1O[C@H]1C(OC(=O)CC(O)C(=O)Oc4ccccc4)=CC[C@@]4(O)[C@@H](C2)N(C)CC[C@]314. The Kier molecular flexibility index (Phi) is 9.99. The average molecular weight is 684 g/mol. The lowest BCUT2D eigenvalue weighted by molar-refractivity contribution is -0.170. The Hall–Kier alpha value is -4.99. The number of aliphatic hydroxyl groups excluding tert-OH is 1. The van der Waals surface area contributed by atoms with Gasteiger partial charge in [-0.2, -0.15) is 0 Å². The second-order valence-corrected chi connectivity index (χ2v) is 12.2. The number of ether oxygens (including phenoxy) is 5. The summed E-state index contributed by atoms with van der Waals surface area (Å²) in [6, 6.07) is 12.1. The first-order valence-corrected chi connectivity index (χ1v) is 15.5. The minimum atomic E-state index is -1.69. The molecule has 0 radical (unpaired) electrons. The van der Waals surface area contributed by atoms with Crippen molar-refractivity contribution in [2.24, 2.45) is 0 Å². The first-order chi connectivity index (χ1) is 23.2. The number of piperidine rings is 1. The zero-order valence-corrected chi connectivity index (χ0v) is 27.0. The zero-order valence-electron chi connectivity index (χ0n) is 27.0. The topological polar surface area (TPSA) is 216 Å². The van der Waals surface area contributed by atoms with Gasteiger partial charge < -0.3 is 49.0 Å². The van der Waals surface area contributed by atoms with Crippen molar-refractivity contribution in [1.29, 1.82) is 0 Å². The summed E-state index contributed by atoms with van der Waals surface area (Å²) >= 11 is 0. The Morgan fingerprint density at radius 2 is 1.76 bits per heavy atom. The number of rotatable bonds is 10. The molecule has 1 spiro atoms. The highest BCUT2D eigenvalue weighted by molar-refractivity contribution is 5.84. The summed E-state index contributed by atoms with van der Waals surface area (Å²) in [5, 5.41) is 39.0. The number of nitrogens with zero attached hydrogens (tertiary/aromatic N) is 1. The van der Waals surface area contributed by atoms with Crippen molar-refractivity contribution >= 4 is 29.8 Å². The van der Waals surface area contributed by atoms with Crippen molar-refractivity contribution in [1.82, 2.24) is 4.90 Å². The second kappa shape index (κ2) is 13.9. The van der Waals surface area contributed by atoms with Crippen LogP contribution in [0.15, 0.2) is 54.3 Å². The molecule has 2 heterocycles. The summed E-state index contributed by atoms with van der Waals surface area (Å²) in [6.07, 6.45) is -2.09. The van der Waals surface area contributed by atoms with Crippen LogP contribution in [0.25, 0.3) is 0 Å². The fourth-order valence-electron chi connectivity index (χ4n) is 7.21. The molecule has 2 aliphatic heterocycles. The Morgan fingerprint density at radius 1 is 1.04 bits per heavy atom. The molecule has 4 N–H and O–H groups in total. The average Bonchev–Trinajstić information content (AvgIpc) is 3.40. The van der Waals surface area contributed by atoms with Gasteiger partial charge in [0, 0.05) is 24.9 Å². The summed E-state index contributed by atoms with van der Waals surface area (Å²) in [7, 11) is 3.59. The number of carbonyl (C=O) groups excluding carboxylic acids is 3. The van der Waals surface area contributed by atoms with E-state index < -0.39 is 72.0 Å². The van der Waals surface area contributed by atoms with Crippen molar-refractivity contribution in [3.8, 4) is 17.2 Å². The van der Waals surface area contributed by atoms with Gasteiger partial charge in [0.25, 0.3) is 0 Å². The predicted molar refractivity (Wildman–Crippen MR) is 166 cm³/mol. The molecule has 49 heavy (non-hydrogen) atoms. The number of hydrogen-bond acceptors (Lipinski definition) is 13. The van der Waals surface area contributed by atoms with E-state index in [2.05, 4.69) is 9.64 Å². The van der Waals surface area contributed by atoms with Gasteiger partial charge >= 0.3 is 29.8 Å². The first kappa shape index (κ1) is 35.3.